The predicted octanol–water partition coefficient (Wildman–Crippen LogP) is 3.91. The van der Waals surface area contributed by atoms with Crippen LogP contribution in [0.1, 0.15) is 57.3 Å². The number of hydrazone groups is 1. The lowest BCUT2D eigenvalue weighted by Crippen LogP contribution is -3.11. The van der Waals surface area contributed by atoms with E-state index in [2.05, 4.69) is 52.7 Å². The predicted molar refractivity (Wildman–Crippen MR) is 198 cm³/mol. The number of piperazine rings is 1. The van der Waals surface area contributed by atoms with Gasteiger partial charge < -0.3 is 32.2 Å². The number of anilines is 3. The van der Waals surface area contributed by atoms with E-state index in [-0.39, 0.29) is 30.0 Å². The number of amides is 2. The highest BCUT2D eigenvalue weighted by atomic mass is 32.1. The van der Waals surface area contributed by atoms with Crippen LogP contribution in [0.2, 0.25) is 0 Å². The molecule has 3 aromatic rings. The number of amidine groups is 2. The molecule has 2 N–H and O–H groups in total. The van der Waals surface area contributed by atoms with Crippen molar-refractivity contribution in [3.05, 3.63) is 83.9 Å². The van der Waals surface area contributed by atoms with E-state index in [9.17, 15) is 9.59 Å². The Bertz CT molecular complexity index is 1740. The number of quaternary nitrogens is 1. The summed E-state index contributed by atoms with van der Waals surface area (Å²) in [4.78, 5) is 41.4. The van der Waals surface area contributed by atoms with E-state index >= 15 is 0 Å². The largest absolute Gasteiger partial charge is 0.693 e. The number of carbonyl (C=O) groups is 2. The van der Waals surface area contributed by atoms with Gasteiger partial charge in [-0.25, -0.2) is 0 Å². The summed E-state index contributed by atoms with van der Waals surface area (Å²) in [5.74, 6) is 0.987. The Kier molecular flexibility index (Phi) is 11.2. The maximum absolute atomic E-state index is 13.1. The summed E-state index contributed by atoms with van der Waals surface area (Å²) in [6.45, 7) is 8.91. The smallest absolute Gasteiger partial charge is 0.373 e. The van der Waals surface area contributed by atoms with Gasteiger partial charge in [0, 0.05) is 83.2 Å². The zero-order chi connectivity index (χ0) is 35.4. The van der Waals surface area contributed by atoms with Gasteiger partial charge in [-0.1, -0.05) is 37.3 Å². The van der Waals surface area contributed by atoms with Gasteiger partial charge >= 0.3 is 5.84 Å². The van der Waals surface area contributed by atoms with Crippen LogP contribution in [0.5, 0.6) is 0 Å². The minimum Gasteiger partial charge on any atom is -0.693 e. The molecule has 260 valence electrons. The normalized spacial score (nSPS) is 19.8. The van der Waals surface area contributed by atoms with Crippen LogP contribution in [0.3, 0.4) is 0 Å². The Morgan fingerprint density at radius 3 is 2.06 bits per heavy atom. The van der Waals surface area contributed by atoms with Crippen molar-refractivity contribution in [2.45, 2.75) is 52.3 Å². The molecule has 12 heteroatoms. The third-order valence-corrected chi connectivity index (χ3v) is 9.76. The molecular formula is C37H49N8O3S+. The molecule has 4 atom stereocenters. The van der Waals surface area contributed by atoms with Crippen molar-refractivity contribution in [1.29, 1.82) is 0 Å². The van der Waals surface area contributed by atoms with Gasteiger partial charge in [-0.3, -0.25) is 19.9 Å². The Morgan fingerprint density at radius 2 is 1.53 bits per heavy atom. The maximum Gasteiger partial charge on any atom is 0.373 e. The summed E-state index contributed by atoms with van der Waals surface area (Å²) >= 11 is 5.51. The molecule has 2 heterocycles. The number of carbonyl (C=O) groups excluding carboxylic acids is 2. The van der Waals surface area contributed by atoms with E-state index in [0.717, 1.165) is 51.0 Å². The topological polar surface area (TPSA) is 88.2 Å². The molecule has 0 saturated carbocycles. The Balaban J connectivity index is 1.37. The molecule has 49 heavy (non-hydrogen) atoms. The number of hydrogen-bond donors (Lipinski definition) is 2. The lowest BCUT2D eigenvalue weighted by atomic mass is 9.88. The SMILES string of the molecule is CCC(CN(C)c1cccc(C2C(c3cccc(N(C)C)c3)N(C(C)=O)CCN2C(C)=O)c1)ONc1cccc([NH+]2C([S-])=N[N+](C)=C2C)c1. The molecule has 11 nitrogen and oxygen atoms in total. The summed E-state index contributed by atoms with van der Waals surface area (Å²) in [6, 6.07) is 23.8. The van der Waals surface area contributed by atoms with Crippen molar-refractivity contribution in [3.63, 3.8) is 0 Å². The zero-order valence-corrected chi connectivity index (χ0v) is 30.6. The van der Waals surface area contributed by atoms with Crippen LogP contribution in [0.4, 0.5) is 22.7 Å². The molecule has 0 bridgehead atoms. The number of hydrogen-bond acceptors (Lipinski definition) is 8. The molecule has 1 saturated heterocycles. The fraction of sp³-hybridized carbons (Fsp3) is 0.405. The molecule has 0 aromatic heterocycles. The fourth-order valence-corrected chi connectivity index (χ4v) is 7.05. The summed E-state index contributed by atoms with van der Waals surface area (Å²) in [5.41, 5.74) is 8.99. The van der Waals surface area contributed by atoms with Crippen LogP contribution >= 0.6 is 0 Å². The van der Waals surface area contributed by atoms with Gasteiger partial charge in [0.1, 0.15) is 11.8 Å². The van der Waals surface area contributed by atoms with Gasteiger partial charge in [0.25, 0.3) is 0 Å². The molecule has 0 aliphatic carbocycles. The van der Waals surface area contributed by atoms with Gasteiger partial charge in [0.05, 0.1) is 24.7 Å². The molecule has 0 radical (unpaired) electrons. The fourth-order valence-electron chi connectivity index (χ4n) is 6.66. The lowest BCUT2D eigenvalue weighted by Gasteiger charge is -2.48. The first kappa shape index (κ1) is 35.8. The number of nitrogens with one attached hydrogen (secondary N) is 2. The maximum atomic E-state index is 13.1. The third kappa shape index (κ3) is 7.87. The van der Waals surface area contributed by atoms with Gasteiger partial charge in [0.2, 0.25) is 11.8 Å². The van der Waals surface area contributed by atoms with Gasteiger partial charge in [0.15, 0.2) is 12.2 Å². The lowest BCUT2D eigenvalue weighted by molar-refractivity contribution is -0.646. The Hall–Kier alpha value is -4.52. The van der Waals surface area contributed by atoms with E-state index < -0.39 is 0 Å². The molecule has 2 amide bonds. The molecule has 2 aliphatic heterocycles. The van der Waals surface area contributed by atoms with E-state index in [0.29, 0.717) is 24.8 Å². The summed E-state index contributed by atoms with van der Waals surface area (Å²) in [7, 11) is 7.95. The van der Waals surface area contributed by atoms with Crippen molar-refractivity contribution in [2.24, 2.45) is 5.10 Å². The Morgan fingerprint density at radius 1 is 0.959 bits per heavy atom. The number of nitrogens with zero attached hydrogens (tertiary/aromatic N) is 6. The van der Waals surface area contributed by atoms with Crippen LogP contribution in [-0.4, -0.2) is 91.2 Å². The summed E-state index contributed by atoms with van der Waals surface area (Å²) in [5, 5.41) is 4.97. The monoisotopic (exact) mass is 685 g/mol. The average Bonchev–Trinajstić information content (AvgIpc) is 3.35. The summed E-state index contributed by atoms with van der Waals surface area (Å²) in [6.07, 6.45) is 0.665. The number of rotatable bonds is 11. The zero-order valence-electron chi connectivity index (χ0n) is 29.8. The van der Waals surface area contributed by atoms with Gasteiger partial charge in [-0.15, -0.1) is 0 Å². The second-order valence-corrected chi connectivity index (χ2v) is 13.4. The van der Waals surface area contributed by atoms with Crippen LogP contribution < -0.4 is 20.2 Å². The standard InChI is InChI=1S/C37H48N8O3S/c1-9-34(48-39-30-15-12-18-33(23-30)45-25(2)42(8)38-37(45)49)24-41(7)32-17-11-14-29(22-32)36-35(28-13-10-16-31(21-28)40(5)6)43(26(3)46)19-20-44(36)27(4)47/h10-18,21-23,34-36,39H,9,19-20,24H2,1-8H3/p+1. The highest BCUT2D eigenvalue weighted by molar-refractivity contribution is 7.76. The highest BCUT2D eigenvalue weighted by Crippen LogP contribution is 2.43. The molecule has 0 spiro atoms. The van der Waals surface area contributed by atoms with E-state index in [1.165, 1.54) is 0 Å². The quantitative estimate of drug-likeness (QED) is 0.180. The summed E-state index contributed by atoms with van der Waals surface area (Å²) < 4.78 is 1.81. The van der Waals surface area contributed by atoms with E-state index in [1.807, 2.05) is 92.3 Å². The third-order valence-electron chi connectivity index (χ3n) is 9.47. The second-order valence-electron chi connectivity index (χ2n) is 13.0. The van der Waals surface area contributed by atoms with E-state index in [1.54, 1.807) is 18.5 Å². The van der Waals surface area contributed by atoms with Crippen molar-refractivity contribution in [3.8, 4) is 0 Å². The first-order valence-electron chi connectivity index (χ1n) is 16.7. The first-order valence-corrected chi connectivity index (χ1v) is 17.2. The first-order chi connectivity index (χ1) is 23.4. The second kappa shape index (κ2) is 15.4. The molecule has 3 aromatic carbocycles. The minimum absolute atomic E-state index is 0.0112. The van der Waals surface area contributed by atoms with Crippen molar-refractivity contribution >= 4 is 58.2 Å². The molecule has 2 aliphatic rings. The van der Waals surface area contributed by atoms with Crippen molar-refractivity contribution in [1.82, 2.24) is 9.80 Å². The molecular weight excluding hydrogens is 637 g/mol. The van der Waals surface area contributed by atoms with E-state index in [4.69, 9.17) is 17.5 Å². The van der Waals surface area contributed by atoms with Crippen molar-refractivity contribution in [2.75, 3.05) is 63.1 Å². The molecule has 5 rings (SSSR count). The minimum atomic E-state index is -0.354. The molecule has 4 unspecified atom stereocenters. The number of benzene rings is 3. The number of likely N-dealkylation sites (N-methyl/N-ethyl adjacent to an activating group) is 1. The van der Waals surface area contributed by atoms with Gasteiger partial charge in [-0.05, 0) is 52.6 Å². The van der Waals surface area contributed by atoms with Crippen LogP contribution in [0.15, 0.2) is 77.9 Å². The molecule has 1 fully saturated rings. The van der Waals surface area contributed by atoms with Crippen molar-refractivity contribution < 1.29 is 24.0 Å². The van der Waals surface area contributed by atoms with Crippen LogP contribution in [0.25, 0.3) is 0 Å². The van der Waals surface area contributed by atoms with Crippen LogP contribution in [-0.2, 0) is 27.1 Å². The highest BCUT2D eigenvalue weighted by Gasteiger charge is 2.41. The average molecular weight is 686 g/mol. The Labute approximate surface area is 295 Å². The van der Waals surface area contributed by atoms with Crippen LogP contribution in [0, 0.1) is 0 Å². The van der Waals surface area contributed by atoms with Gasteiger partial charge in [-0.2, -0.15) is 4.90 Å².